The number of rotatable bonds is 13. The third kappa shape index (κ3) is 6.36. The monoisotopic (exact) mass is 420 g/mol. The maximum atomic E-state index is 6.16. The van der Waals surface area contributed by atoms with Crippen molar-refractivity contribution in [2.75, 3.05) is 7.11 Å². The van der Waals surface area contributed by atoms with Crippen LogP contribution in [0.5, 0.6) is 11.5 Å². The number of aromatic nitrogens is 2. The SMILES string of the molecule is C/C=C\c1ccc(OCc2nc3ccccc3n2CCCCCCCCC)c(OC)c1. The molecule has 1 heterocycles. The molecule has 0 aliphatic carbocycles. The van der Waals surface area contributed by atoms with Gasteiger partial charge in [0.05, 0.1) is 18.1 Å². The standard InChI is InChI=1S/C27H36N2O2/c1-4-6-7-8-9-10-13-19-29-24-16-12-11-15-23(24)28-27(29)21-31-25-18-17-22(14-5-2)20-26(25)30-3/h5,11-12,14-18,20H,4,6-10,13,19,21H2,1-3H3/b14-5-. The Morgan fingerprint density at radius 2 is 1.71 bits per heavy atom. The summed E-state index contributed by atoms with van der Waals surface area (Å²) in [6.07, 6.45) is 13.2. The number of unbranched alkanes of at least 4 members (excludes halogenated alkanes) is 6. The van der Waals surface area contributed by atoms with Gasteiger partial charge in [-0.25, -0.2) is 4.98 Å². The number of methoxy groups -OCH3 is 1. The number of ether oxygens (including phenoxy) is 2. The minimum atomic E-state index is 0.421. The van der Waals surface area contributed by atoms with Crippen LogP contribution in [-0.4, -0.2) is 16.7 Å². The molecule has 3 rings (SSSR count). The average Bonchev–Trinajstić information content (AvgIpc) is 3.15. The summed E-state index contributed by atoms with van der Waals surface area (Å²) in [6, 6.07) is 14.4. The predicted octanol–water partition coefficient (Wildman–Crippen LogP) is 7.41. The summed E-state index contributed by atoms with van der Waals surface area (Å²) in [5.41, 5.74) is 3.31. The van der Waals surface area contributed by atoms with Gasteiger partial charge in [-0.1, -0.05) is 75.8 Å². The van der Waals surface area contributed by atoms with Crippen LogP contribution in [-0.2, 0) is 13.2 Å². The van der Waals surface area contributed by atoms with E-state index in [0.29, 0.717) is 6.61 Å². The van der Waals surface area contributed by atoms with Gasteiger partial charge < -0.3 is 14.0 Å². The number of nitrogens with zero attached hydrogens (tertiary/aromatic N) is 2. The molecule has 0 spiro atoms. The van der Waals surface area contributed by atoms with Crippen LogP contribution in [0.15, 0.2) is 48.5 Å². The highest BCUT2D eigenvalue weighted by molar-refractivity contribution is 5.75. The van der Waals surface area contributed by atoms with E-state index in [1.165, 1.54) is 50.5 Å². The molecule has 166 valence electrons. The van der Waals surface area contributed by atoms with Crippen LogP contribution in [0.1, 0.15) is 70.2 Å². The number of allylic oxidation sites excluding steroid dienone is 1. The molecule has 2 aromatic carbocycles. The van der Waals surface area contributed by atoms with Gasteiger partial charge in [-0.3, -0.25) is 0 Å². The van der Waals surface area contributed by atoms with Crippen LogP contribution < -0.4 is 9.47 Å². The van der Waals surface area contributed by atoms with Gasteiger partial charge in [0.2, 0.25) is 0 Å². The van der Waals surface area contributed by atoms with Crippen molar-refractivity contribution in [2.24, 2.45) is 0 Å². The fraction of sp³-hybridized carbons (Fsp3) is 0.444. The van der Waals surface area contributed by atoms with Crippen LogP contribution in [0.2, 0.25) is 0 Å². The van der Waals surface area contributed by atoms with E-state index in [-0.39, 0.29) is 0 Å². The number of imidazole rings is 1. The number of fused-ring (bicyclic) bond motifs is 1. The molecule has 0 saturated heterocycles. The van der Waals surface area contributed by atoms with Crippen molar-refractivity contribution in [2.45, 2.75) is 71.9 Å². The Bertz CT molecular complexity index is 975. The van der Waals surface area contributed by atoms with Crippen molar-refractivity contribution < 1.29 is 9.47 Å². The Labute approximate surface area is 186 Å². The Hall–Kier alpha value is -2.75. The average molecular weight is 421 g/mol. The van der Waals surface area contributed by atoms with Crippen molar-refractivity contribution in [3.8, 4) is 11.5 Å². The molecule has 4 nitrogen and oxygen atoms in total. The lowest BCUT2D eigenvalue weighted by molar-refractivity contribution is 0.271. The van der Waals surface area contributed by atoms with Crippen LogP contribution >= 0.6 is 0 Å². The van der Waals surface area contributed by atoms with E-state index >= 15 is 0 Å². The first-order chi connectivity index (χ1) is 15.3. The highest BCUT2D eigenvalue weighted by atomic mass is 16.5. The summed E-state index contributed by atoms with van der Waals surface area (Å²) in [5, 5.41) is 0. The van der Waals surface area contributed by atoms with Crippen LogP contribution in [0.3, 0.4) is 0 Å². The topological polar surface area (TPSA) is 36.3 Å². The Morgan fingerprint density at radius 1 is 0.935 bits per heavy atom. The summed E-state index contributed by atoms with van der Waals surface area (Å²) in [6.45, 7) is 5.67. The van der Waals surface area contributed by atoms with E-state index in [2.05, 4.69) is 29.7 Å². The second-order valence-electron chi connectivity index (χ2n) is 7.99. The summed E-state index contributed by atoms with van der Waals surface area (Å²) < 4.78 is 14.0. The summed E-state index contributed by atoms with van der Waals surface area (Å²) in [7, 11) is 1.68. The van der Waals surface area contributed by atoms with Gasteiger partial charge in [-0.05, 0) is 43.2 Å². The molecule has 31 heavy (non-hydrogen) atoms. The molecule has 0 amide bonds. The number of aryl methyl sites for hydroxylation is 1. The van der Waals surface area contributed by atoms with E-state index in [0.717, 1.165) is 34.9 Å². The molecule has 0 aliphatic rings. The largest absolute Gasteiger partial charge is 0.493 e. The Morgan fingerprint density at radius 3 is 2.48 bits per heavy atom. The quantitative estimate of drug-likeness (QED) is 0.270. The molecule has 0 atom stereocenters. The lowest BCUT2D eigenvalue weighted by Crippen LogP contribution is -2.08. The maximum Gasteiger partial charge on any atom is 0.161 e. The van der Waals surface area contributed by atoms with Crippen molar-refractivity contribution in [1.29, 1.82) is 0 Å². The Balaban J connectivity index is 1.68. The second-order valence-corrected chi connectivity index (χ2v) is 7.99. The fourth-order valence-corrected chi connectivity index (χ4v) is 3.95. The van der Waals surface area contributed by atoms with Crippen molar-refractivity contribution in [1.82, 2.24) is 9.55 Å². The molecule has 0 unspecified atom stereocenters. The zero-order valence-corrected chi connectivity index (χ0v) is 19.3. The van der Waals surface area contributed by atoms with E-state index < -0.39 is 0 Å². The maximum absolute atomic E-state index is 6.16. The van der Waals surface area contributed by atoms with E-state index in [9.17, 15) is 0 Å². The van der Waals surface area contributed by atoms with Crippen molar-refractivity contribution in [3.63, 3.8) is 0 Å². The third-order valence-electron chi connectivity index (χ3n) is 5.62. The minimum absolute atomic E-state index is 0.421. The Kier molecular flexibility index (Phi) is 9.01. The summed E-state index contributed by atoms with van der Waals surface area (Å²) >= 11 is 0. The smallest absolute Gasteiger partial charge is 0.161 e. The fourth-order valence-electron chi connectivity index (χ4n) is 3.95. The molecule has 0 saturated carbocycles. The highest BCUT2D eigenvalue weighted by Gasteiger charge is 2.12. The minimum Gasteiger partial charge on any atom is -0.493 e. The summed E-state index contributed by atoms with van der Waals surface area (Å²) in [5.74, 6) is 2.45. The van der Waals surface area contributed by atoms with E-state index in [4.69, 9.17) is 14.5 Å². The molecule has 0 bridgehead atoms. The van der Waals surface area contributed by atoms with Gasteiger partial charge in [0.1, 0.15) is 12.4 Å². The molecule has 0 fully saturated rings. The van der Waals surface area contributed by atoms with Crippen molar-refractivity contribution in [3.05, 3.63) is 59.9 Å². The zero-order valence-electron chi connectivity index (χ0n) is 19.3. The highest BCUT2D eigenvalue weighted by Crippen LogP contribution is 2.29. The van der Waals surface area contributed by atoms with Crippen LogP contribution in [0, 0.1) is 0 Å². The third-order valence-corrected chi connectivity index (χ3v) is 5.62. The second kappa shape index (κ2) is 12.2. The van der Waals surface area contributed by atoms with Gasteiger partial charge in [0.15, 0.2) is 11.5 Å². The molecule has 0 aliphatic heterocycles. The molecule has 3 aromatic rings. The summed E-state index contributed by atoms with van der Waals surface area (Å²) in [4.78, 5) is 4.86. The number of hydrogen-bond donors (Lipinski definition) is 0. The van der Waals surface area contributed by atoms with Gasteiger partial charge in [-0.2, -0.15) is 0 Å². The first-order valence-electron chi connectivity index (χ1n) is 11.6. The molecular weight excluding hydrogens is 384 g/mol. The predicted molar refractivity (Wildman–Crippen MR) is 130 cm³/mol. The molecule has 1 aromatic heterocycles. The van der Waals surface area contributed by atoms with Crippen LogP contribution in [0.25, 0.3) is 17.1 Å². The first kappa shape index (κ1) is 22.9. The number of para-hydroxylation sites is 2. The lowest BCUT2D eigenvalue weighted by Gasteiger charge is -2.13. The van der Waals surface area contributed by atoms with Crippen molar-refractivity contribution >= 4 is 17.1 Å². The number of benzene rings is 2. The van der Waals surface area contributed by atoms with Gasteiger partial charge in [0, 0.05) is 6.54 Å². The number of hydrogen-bond acceptors (Lipinski definition) is 3. The first-order valence-corrected chi connectivity index (χ1v) is 11.6. The lowest BCUT2D eigenvalue weighted by atomic mass is 10.1. The molecule has 4 heteroatoms. The molecule has 0 radical (unpaired) electrons. The van der Waals surface area contributed by atoms with Crippen LogP contribution in [0.4, 0.5) is 0 Å². The molecule has 0 N–H and O–H groups in total. The van der Waals surface area contributed by atoms with E-state index in [1.54, 1.807) is 7.11 Å². The molecular formula is C27H36N2O2. The normalized spacial score (nSPS) is 11.5. The zero-order chi connectivity index (χ0) is 21.9. The van der Waals surface area contributed by atoms with Gasteiger partial charge in [0.25, 0.3) is 0 Å². The van der Waals surface area contributed by atoms with E-state index in [1.807, 2.05) is 43.3 Å². The van der Waals surface area contributed by atoms with Gasteiger partial charge >= 0.3 is 0 Å². The van der Waals surface area contributed by atoms with Gasteiger partial charge in [-0.15, -0.1) is 0 Å².